The van der Waals surface area contributed by atoms with Gasteiger partial charge in [0.15, 0.2) is 0 Å². The Morgan fingerprint density at radius 3 is 2.10 bits per heavy atom. The van der Waals surface area contributed by atoms with Crippen molar-refractivity contribution in [1.82, 2.24) is 9.78 Å². The molecule has 4 rings (SSSR count). The molecule has 0 aliphatic rings. The summed E-state index contributed by atoms with van der Waals surface area (Å²) in [6.45, 7) is 0. The van der Waals surface area contributed by atoms with Crippen molar-refractivity contribution >= 4 is 34.1 Å². The summed E-state index contributed by atoms with van der Waals surface area (Å²) in [4.78, 5) is 12.2. The van der Waals surface area contributed by atoms with Crippen LogP contribution < -0.4 is 0 Å². The smallest absolute Gasteiger partial charge is 0.340 e. The molecule has 0 aliphatic carbocycles. The molecule has 0 aliphatic heterocycles. The molecule has 5 heteroatoms. The van der Waals surface area contributed by atoms with E-state index in [0.717, 1.165) is 21.3 Å². The van der Waals surface area contributed by atoms with Gasteiger partial charge in [-0.25, -0.2) is 9.48 Å². The van der Waals surface area contributed by atoms with Crippen LogP contribution in [0.15, 0.2) is 89.4 Å². The van der Waals surface area contributed by atoms with Crippen LogP contribution in [0, 0.1) is 0 Å². The van der Waals surface area contributed by atoms with E-state index in [1.807, 2.05) is 91.0 Å². The summed E-state index contributed by atoms with van der Waals surface area (Å²) in [5, 5.41) is 14.7. The van der Waals surface area contributed by atoms with E-state index in [2.05, 4.69) is 21.0 Å². The highest BCUT2D eigenvalue weighted by molar-refractivity contribution is 9.10. The van der Waals surface area contributed by atoms with E-state index in [1.54, 1.807) is 10.8 Å². The summed E-state index contributed by atoms with van der Waals surface area (Å²) in [5.74, 6) is -1.01. The molecule has 1 heterocycles. The minimum atomic E-state index is -1.01. The molecule has 0 saturated heterocycles. The van der Waals surface area contributed by atoms with Gasteiger partial charge >= 0.3 is 5.97 Å². The highest BCUT2D eigenvalue weighted by atomic mass is 79.9. The molecule has 0 radical (unpaired) electrons. The molecule has 0 unspecified atom stereocenters. The molecule has 4 aromatic rings. The number of aromatic nitrogens is 2. The summed E-state index contributed by atoms with van der Waals surface area (Å²) in [6.07, 6.45) is 3.70. The standard InChI is InChI=1S/C24H17BrN2O2/c25-19-14-11-17(12-15-19)13-16-21-22(24(28)29)23(18-7-3-1-4-8-18)26-27(21)20-9-5-2-6-10-20/h1-16H,(H,28,29). The van der Waals surface area contributed by atoms with Crippen LogP contribution in [0.2, 0.25) is 0 Å². The summed E-state index contributed by atoms with van der Waals surface area (Å²) < 4.78 is 2.67. The molecule has 1 N–H and O–H groups in total. The van der Waals surface area contributed by atoms with Crippen LogP contribution in [0.1, 0.15) is 21.6 Å². The molecule has 0 fully saturated rings. The van der Waals surface area contributed by atoms with Crippen LogP contribution in [0.25, 0.3) is 29.1 Å². The maximum Gasteiger partial charge on any atom is 0.340 e. The van der Waals surface area contributed by atoms with Crippen molar-refractivity contribution in [1.29, 1.82) is 0 Å². The third-order valence-corrected chi connectivity index (χ3v) is 5.02. The number of para-hydroxylation sites is 1. The Balaban J connectivity index is 1.92. The van der Waals surface area contributed by atoms with Gasteiger partial charge in [0.25, 0.3) is 0 Å². The van der Waals surface area contributed by atoms with Gasteiger partial charge in [0, 0.05) is 10.0 Å². The SMILES string of the molecule is O=C(O)c1c(-c2ccccc2)nn(-c2ccccc2)c1C=Cc1ccc(Br)cc1. The normalized spacial score (nSPS) is 11.1. The summed E-state index contributed by atoms with van der Waals surface area (Å²) in [5.41, 5.74) is 3.66. The van der Waals surface area contributed by atoms with Crippen LogP contribution in [-0.4, -0.2) is 20.9 Å². The van der Waals surface area contributed by atoms with E-state index in [-0.39, 0.29) is 5.56 Å². The highest BCUT2D eigenvalue weighted by Crippen LogP contribution is 2.29. The van der Waals surface area contributed by atoms with Crippen molar-refractivity contribution in [3.8, 4) is 16.9 Å². The summed E-state index contributed by atoms with van der Waals surface area (Å²) in [7, 11) is 0. The van der Waals surface area contributed by atoms with Crippen LogP contribution >= 0.6 is 15.9 Å². The van der Waals surface area contributed by atoms with Crippen molar-refractivity contribution < 1.29 is 9.90 Å². The Bertz CT molecular complexity index is 1160. The number of carboxylic acid groups (broad SMARTS) is 1. The molecule has 3 aromatic carbocycles. The number of hydrogen-bond donors (Lipinski definition) is 1. The Morgan fingerprint density at radius 2 is 1.48 bits per heavy atom. The van der Waals surface area contributed by atoms with Gasteiger partial charge in [0.05, 0.1) is 11.4 Å². The predicted molar refractivity (Wildman–Crippen MR) is 119 cm³/mol. The Kier molecular flexibility index (Phi) is 5.40. The van der Waals surface area contributed by atoms with Crippen molar-refractivity contribution in [2.45, 2.75) is 0 Å². The van der Waals surface area contributed by atoms with Crippen molar-refractivity contribution in [3.05, 3.63) is 106 Å². The van der Waals surface area contributed by atoms with E-state index in [1.165, 1.54) is 0 Å². The zero-order chi connectivity index (χ0) is 20.2. The lowest BCUT2D eigenvalue weighted by Crippen LogP contribution is -2.02. The number of halogens is 1. The van der Waals surface area contributed by atoms with E-state index in [4.69, 9.17) is 0 Å². The number of carbonyl (C=O) groups is 1. The fraction of sp³-hybridized carbons (Fsp3) is 0. The zero-order valence-corrected chi connectivity index (χ0v) is 17.0. The fourth-order valence-electron chi connectivity index (χ4n) is 3.11. The number of nitrogens with zero attached hydrogens (tertiary/aromatic N) is 2. The number of carboxylic acids is 1. The first-order valence-corrected chi connectivity index (χ1v) is 9.83. The maximum absolute atomic E-state index is 12.2. The van der Waals surface area contributed by atoms with Gasteiger partial charge in [0.1, 0.15) is 11.3 Å². The monoisotopic (exact) mass is 444 g/mol. The van der Waals surface area contributed by atoms with Gasteiger partial charge in [-0.3, -0.25) is 0 Å². The Hall–Kier alpha value is -3.44. The maximum atomic E-state index is 12.2. The second kappa shape index (κ2) is 8.29. The van der Waals surface area contributed by atoms with Crippen molar-refractivity contribution in [2.24, 2.45) is 0 Å². The fourth-order valence-corrected chi connectivity index (χ4v) is 3.37. The third-order valence-electron chi connectivity index (χ3n) is 4.49. The van der Waals surface area contributed by atoms with Crippen LogP contribution in [0.5, 0.6) is 0 Å². The molecule has 0 bridgehead atoms. The molecule has 0 atom stereocenters. The number of benzene rings is 3. The van der Waals surface area contributed by atoms with Crippen molar-refractivity contribution in [3.63, 3.8) is 0 Å². The first-order chi connectivity index (χ1) is 14.1. The summed E-state index contributed by atoms with van der Waals surface area (Å²) >= 11 is 3.43. The predicted octanol–water partition coefficient (Wildman–Crippen LogP) is 6.17. The summed E-state index contributed by atoms with van der Waals surface area (Å²) in [6, 6.07) is 26.7. The lowest BCUT2D eigenvalue weighted by molar-refractivity contribution is 0.0697. The first kappa shape index (κ1) is 18.9. The molecule has 0 spiro atoms. The molecule has 29 heavy (non-hydrogen) atoms. The van der Waals surface area contributed by atoms with Gasteiger partial charge in [-0.1, -0.05) is 82.7 Å². The largest absolute Gasteiger partial charge is 0.478 e. The average Bonchev–Trinajstić information content (AvgIpc) is 3.14. The minimum Gasteiger partial charge on any atom is -0.478 e. The molecule has 142 valence electrons. The number of hydrogen-bond acceptors (Lipinski definition) is 2. The highest BCUT2D eigenvalue weighted by Gasteiger charge is 2.23. The second-order valence-corrected chi connectivity index (χ2v) is 7.33. The number of aromatic carboxylic acids is 1. The van der Waals surface area contributed by atoms with Gasteiger partial charge in [0.2, 0.25) is 0 Å². The quantitative estimate of drug-likeness (QED) is 0.400. The molecule has 0 saturated carbocycles. The second-order valence-electron chi connectivity index (χ2n) is 6.41. The lowest BCUT2D eigenvalue weighted by Gasteiger charge is -2.05. The number of rotatable bonds is 5. The van der Waals surface area contributed by atoms with E-state index in [9.17, 15) is 9.90 Å². The lowest BCUT2D eigenvalue weighted by atomic mass is 10.0. The van der Waals surface area contributed by atoms with E-state index in [0.29, 0.717) is 11.4 Å². The Morgan fingerprint density at radius 1 is 0.862 bits per heavy atom. The molecular formula is C24H17BrN2O2. The molecule has 1 aromatic heterocycles. The van der Waals surface area contributed by atoms with E-state index >= 15 is 0 Å². The minimum absolute atomic E-state index is 0.174. The van der Waals surface area contributed by atoms with Gasteiger partial charge < -0.3 is 5.11 Å². The van der Waals surface area contributed by atoms with Gasteiger partial charge in [-0.2, -0.15) is 5.10 Å². The van der Waals surface area contributed by atoms with Crippen molar-refractivity contribution in [2.75, 3.05) is 0 Å². The Labute approximate surface area is 176 Å². The van der Waals surface area contributed by atoms with Gasteiger partial charge in [-0.15, -0.1) is 0 Å². The molecular weight excluding hydrogens is 428 g/mol. The van der Waals surface area contributed by atoms with Crippen LogP contribution in [0.3, 0.4) is 0 Å². The van der Waals surface area contributed by atoms with Crippen LogP contribution in [0.4, 0.5) is 0 Å². The third kappa shape index (κ3) is 4.05. The molecule has 0 amide bonds. The van der Waals surface area contributed by atoms with Gasteiger partial charge in [-0.05, 0) is 35.9 Å². The van der Waals surface area contributed by atoms with Crippen LogP contribution in [-0.2, 0) is 0 Å². The zero-order valence-electron chi connectivity index (χ0n) is 15.4. The average molecular weight is 445 g/mol. The molecule has 4 nitrogen and oxygen atoms in total. The first-order valence-electron chi connectivity index (χ1n) is 9.04. The van der Waals surface area contributed by atoms with E-state index < -0.39 is 5.97 Å². The topological polar surface area (TPSA) is 55.1 Å².